The van der Waals surface area contributed by atoms with Crippen LogP contribution in [0.25, 0.3) is 16.9 Å². The summed E-state index contributed by atoms with van der Waals surface area (Å²) in [6.45, 7) is 0. The number of rotatable bonds is 2. The van der Waals surface area contributed by atoms with Crippen molar-refractivity contribution in [3.63, 3.8) is 0 Å². The predicted octanol–water partition coefficient (Wildman–Crippen LogP) is 1.68. The lowest BCUT2D eigenvalue weighted by Crippen LogP contribution is -1.97. The highest BCUT2D eigenvalue weighted by Crippen LogP contribution is 2.23. The van der Waals surface area contributed by atoms with Crippen LogP contribution in [0.15, 0.2) is 42.9 Å². The molecule has 0 spiro atoms. The smallest absolute Gasteiger partial charge is 0.356 e. The van der Waals surface area contributed by atoms with Crippen molar-refractivity contribution in [2.45, 2.75) is 0 Å². The van der Waals surface area contributed by atoms with Crippen LogP contribution in [0.5, 0.6) is 0 Å². The third kappa shape index (κ3) is 1.79. The van der Waals surface area contributed by atoms with Gasteiger partial charge in [-0.2, -0.15) is 0 Å². The second kappa shape index (κ2) is 4.09. The number of nitrogen functional groups attached to an aromatic ring is 1. The van der Waals surface area contributed by atoms with Gasteiger partial charge in [0.1, 0.15) is 5.82 Å². The summed E-state index contributed by atoms with van der Waals surface area (Å²) in [6, 6.07) is 6.85. The monoisotopic (exact) mass is 254 g/mol. The second-order valence-corrected chi connectivity index (χ2v) is 4.04. The van der Waals surface area contributed by atoms with Gasteiger partial charge < -0.3 is 10.8 Å². The van der Waals surface area contributed by atoms with E-state index in [9.17, 15) is 9.90 Å². The van der Waals surface area contributed by atoms with Crippen LogP contribution in [0.4, 0.5) is 5.69 Å². The number of carbonyl (C=O) groups is 1. The zero-order valence-corrected chi connectivity index (χ0v) is 9.82. The summed E-state index contributed by atoms with van der Waals surface area (Å²) in [5.74, 6) is -0.529. The summed E-state index contributed by atoms with van der Waals surface area (Å²) in [5.41, 5.74) is 7.44. The molecule has 19 heavy (non-hydrogen) atoms. The van der Waals surface area contributed by atoms with Crippen LogP contribution in [0.1, 0.15) is 10.5 Å². The molecule has 0 saturated heterocycles. The number of imidazole rings is 1. The van der Waals surface area contributed by atoms with Gasteiger partial charge in [-0.1, -0.05) is 0 Å². The molecule has 3 N–H and O–H groups in total. The van der Waals surface area contributed by atoms with Crippen LogP contribution in [0.3, 0.4) is 0 Å². The first-order valence-corrected chi connectivity index (χ1v) is 5.58. The molecule has 0 atom stereocenters. The quantitative estimate of drug-likeness (QED) is 0.725. The van der Waals surface area contributed by atoms with E-state index < -0.39 is 5.97 Å². The molecule has 3 rings (SSSR count). The summed E-state index contributed by atoms with van der Waals surface area (Å²) < 4.78 is 1.70. The fourth-order valence-electron chi connectivity index (χ4n) is 1.96. The van der Waals surface area contributed by atoms with Gasteiger partial charge in [0, 0.05) is 29.8 Å². The van der Waals surface area contributed by atoms with E-state index in [4.69, 9.17) is 5.73 Å². The van der Waals surface area contributed by atoms with E-state index >= 15 is 0 Å². The van der Waals surface area contributed by atoms with E-state index in [1.165, 1.54) is 0 Å². The summed E-state index contributed by atoms with van der Waals surface area (Å²) in [6.07, 6.45) is 4.97. The molecule has 0 saturated carbocycles. The van der Waals surface area contributed by atoms with Crippen LogP contribution >= 0.6 is 0 Å². The number of carboxylic acids is 1. The lowest BCUT2D eigenvalue weighted by molar-refractivity contribution is 0.0693. The molecule has 0 amide bonds. The number of hydrogen-bond donors (Lipinski definition) is 2. The van der Waals surface area contributed by atoms with Gasteiger partial charge >= 0.3 is 5.97 Å². The zero-order chi connectivity index (χ0) is 13.4. The summed E-state index contributed by atoms with van der Waals surface area (Å²) >= 11 is 0. The lowest BCUT2D eigenvalue weighted by Gasteiger charge is -2.01. The van der Waals surface area contributed by atoms with Gasteiger partial charge in [0.2, 0.25) is 0 Å². The predicted molar refractivity (Wildman–Crippen MR) is 69.8 cm³/mol. The molecule has 94 valence electrons. The number of aromatic carboxylic acids is 1. The minimum absolute atomic E-state index is 0.0147. The van der Waals surface area contributed by atoms with Gasteiger partial charge in [0.25, 0.3) is 0 Å². The average Bonchev–Trinajstić information content (AvgIpc) is 2.78. The van der Waals surface area contributed by atoms with Gasteiger partial charge in [0.05, 0.1) is 5.52 Å². The number of nitrogens with two attached hydrogens (primary N) is 1. The minimum Gasteiger partial charge on any atom is -0.476 e. The molecule has 3 aromatic heterocycles. The number of hydrogen-bond acceptors (Lipinski definition) is 4. The van der Waals surface area contributed by atoms with E-state index in [0.717, 1.165) is 5.56 Å². The van der Waals surface area contributed by atoms with Crippen molar-refractivity contribution in [1.82, 2.24) is 14.4 Å². The topological polar surface area (TPSA) is 93.5 Å². The van der Waals surface area contributed by atoms with Gasteiger partial charge in [0.15, 0.2) is 5.69 Å². The number of anilines is 1. The highest BCUT2D eigenvalue weighted by atomic mass is 16.4. The van der Waals surface area contributed by atoms with E-state index in [-0.39, 0.29) is 5.69 Å². The van der Waals surface area contributed by atoms with Crippen LogP contribution in [-0.4, -0.2) is 25.4 Å². The number of carboxylic acid groups (broad SMARTS) is 1. The Hall–Kier alpha value is -2.89. The van der Waals surface area contributed by atoms with Crippen molar-refractivity contribution in [2.24, 2.45) is 0 Å². The molecular weight excluding hydrogens is 244 g/mol. The summed E-state index contributed by atoms with van der Waals surface area (Å²) in [5, 5.41) is 9.20. The van der Waals surface area contributed by atoms with Crippen molar-refractivity contribution in [1.29, 1.82) is 0 Å². The molecule has 0 aromatic carbocycles. The Morgan fingerprint density at radius 3 is 2.68 bits per heavy atom. The van der Waals surface area contributed by atoms with Crippen molar-refractivity contribution < 1.29 is 9.90 Å². The van der Waals surface area contributed by atoms with Crippen molar-refractivity contribution in [3.8, 4) is 11.4 Å². The van der Waals surface area contributed by atoms with E-state index in [0.29, 0.717) is 17.0 Å². The third-order valence-corrected chi connectivity index (χ3v) is 2.81. The normalized spacial score (nSPS) is 10.7. The maximum Gasteiger partial charge on any atom is 0.356 e. The maximum absolute atomic E-state index is 11.2. The SMILES string of the molecule is Nc1ccn2c(-c3ccncc3)nc(C(=O)O)c2c1. The molecule has 0 fully saturated rings. The molecule has 0 aliphatic rings. The average molecular weight is 254 g/mol. The Labute approximate surface area is 108 Å². The molecule has 0 aliphatic carbocycles. The number of nitrogens with zero attached hydrogens (tertiary/aromatic N) is 3. The van der Waals surface area contributed by atoms with Gasteiger partial charge in [-0.3, -0.25) is 9.38 Å². The van der Waals surface area contributed by atoms with E-state index in [1.54, 1.807) is 47.3 Å². The molecule has 6 heteroatoms. The maximum atomic E-state index is 11.2. The number of fused-ring (bicyclic) bond motifs is 1. The van der Waals surface area contributed by atoms with Gasteiger partial charge in [-0.25, -0.2) is 9.78 Å². The molecule has 0 bridgehead atoms. The summed E-state index contributed by atoms with van der Waals surface area (Å²) in [4.78, 5) is 19.4. The van der Waals surface area contributed by atoms with Gasteiger partial charge in [-0.05, 0) is 24.3 Å². The number of pyridine rings is 2. The van der Waals surface area contributed by atoms with Gasteiger partial charge in [-0.15, -0.1) is 0 Å². The largest absolute Gasteiger partial charge is 0.476 e. The van der Waals surface area contributed by atoms with Crippen molar-refractivity contribution in [2.75, 3.05) is 5.73 Å². The molecule has 0 radical (unpaired) electrons. The minimum atomic E-state index is -1.08. The highest BCUT2D eigenvalue weighted by molar-refractivity contribution is 5.95. The number of aromatic nitrogens is 3. The fraction of sp³-hybridized carbons (Fsp3) is 0. The first kappa shape index (κ1) is 11.2. The third-order valence-electron chi connectivity index (χ3n) is 2.81. The van der Waals surface area contributed by atoms with Crippen LogP contribution in [0.2, 0.25) is 0 Å². The first-order valence-electron chi connectivity index (χ1n) is 5.58. The Kier molecular flexibility index (Phi) is 2.42. The molecular formula is C13H10N4O2. The molecule has 3 heterocycles. The Morgan fingerprint density at radius 2 is 2.00 bits per heavy atom. The van der Waals surface area contributed by atoms with Crippen molar-refractivity contribution >= 4 is 17.2 Å². The Bertz CT molecular complexity index is 765. The Balaban J connectivity index is 2.35. The fourth-order valence-corrected chi connectivity index (χ4v) is 1.96. The summed E-state index contributed by atoms with van der Waals surface area (Å²) in [7, 11) is 0. The zero-order valence-electron chi connectivity index (χ0n) is 9.82. The standard InChI is InChI=1S/C13H10N4O2/c14-9-3-6-17-10(7-9)11(13(18)19)16-12(17)8-1-4-15-5-2-8/h1-7H,14H2,(H,18,19). The van der Waals surface area contributed by atoms with Crippen molar-refractivity contribution in [3.05, 3.63) is 48.5 Å². The molecule has 6 nitrogen and oxygen atoms in total. The first-order chi connectivity index (χ1) is 9.16. The Morgan fingerprint density at radius 1 is 1.26 bits per heavy atom. The van der Waals surface area contributed by atoms with Crippen LogP contribution < -0.4 is 5.73 Å². The highest BCUT2D eigenvalue weighted by Gasteiger charge is 2.17. The van der Waals surface area contributed by atoms with E-state index in [2.05, 4.69) is 9.97 Å². The molecule has 3 aromatic rings. The van der Waals surface area contributed by atoms with Crippen LogP contribution in [0, 0.1) is 0 Å². The second-order valence-electron chi connectivity index (χ2n) is 4.04. The molecule has 0 aliphatic heterocycles. The van der Waals surface area contributed by atoms with E-state index in [1.807, 2.05) is 0 Å². The van der Waals surface area contributed by atoms with Crippen LogP contribution in [-0.2, 0) is 0 Å². The lowest BCUT2D eigenvalue weighted by atomic mass is 10.2. The molecule has 0 unspecified atom stereocenters.